The van der Waals surface area contributed by atoms with Crippen LogP contribution in [0.5, 0.6) is 0 Å². The number of rotatable bonds is 4. The van der Waals surface area contributed by atoms with Crippen LogP contribution in [0.25, 0.3) is 10.8 Å². The van der Waals surface area contributed by atoms with Crippen molar-refractivity contribution in [3.05, 3.63) is 22.4 Å². The normalized spacial score (nSPS) is 25.9. The Kier molecular flexibility index (Phi) is 3.78. The summed E-state index contributed by atoms with van der Waals surface area (Å²) in [4.78, 5) is 2.57. The van der Waals surface area contributed by atoms with Gasteiger partial charge in [-0.2, -0.15) is 0 Å². The molecule has 4 rings (SSSR count). The van der Waals surface area contributed by atoms with Gasteiger partial charge in [0.25, 0.3) is 5.89 Å². The third-order valence-corrected chi connectivity index (χ3v) is 6.61. The average molecular weight is 333 g/mol. The molecule has 2 heterocycles. The van der Waals surface area contributed by atoms with E-state index in [4.69, 9.17) is 4.42 Å². The van der Waals surface area contributed by atoms with Crippen molar-refractivity contribution in [1.29, 1.82) is 0 Å². The van der Waals surface area contributed by atoms with Crippen LogP contribution in [0.1, 0.15) is 49.4 Å². The first-order valence-electron chi connectivity index (χ1n) is 8.40. The van der Waals surface area contributed by atoms with Crippen molar-refractivity contribution in [2.45, 2.75) is 64.6 Å². The number of hydrogen-bond donors (Lipinski definition) is 2. The molecule has 2 aliphatic carbocycles. The minimum Gasteiger partial charge on any atom is -0.419 e. The molecule has 2 aromatic heterocycles. The maximum atomic E-state index is 9.79. The highest BCUT2D eigenvalue weighted by atomic mass is 32.1. The summed E-state index contributed by atoms with van der Waals surface area (Å²) >= 11 is 1.79. The number of aryl methyl sites for hydroxylation is 2. The monoisotopic (exact) mass is 333 g/mol. The smallest absolute Gasteiger partial charge is 0.257 e. The van der Waals surface area contributed by atoms with Crippen LogP contribution in [0.2, 0.25) is 0 Å². The fraction of sp³-hybridized carbons (Fsp3) is 0.647. The van der Waals surface area contributed by atoms with E-state index in [0.29, 0.717) is 24.4 Å². The zero-order chi connectivity index (χ0) is 16.0. The van der Waals surface area contributed by atoms with Gasteiger partial charge in [-0.05, 0) is 43.7 Å². The van der Waals surface area contributed by atoms with E-state index >= 15 is 0 Å². The summed E-state index contributed by atoms with van der Waals surface area (Å²) in [7, 11) is 0. The SMILES string of the molecule is CC1(C)[C@@H](NCc2nnc(-c3cc4c(s3)CCCC4)o2)C[C@@H]1O. The van der Waals surface area contributed by atoms with Gasteiger partial charge >= 0.3 is 0 Å². The topological polar surface area (TPSA) is 71.2 Å². The fourth-order valence-corrected chi connectivity index (χ4v) is 4.65. The Morgan fingerprint density at radius 2 is 2.17 bits per heavy atom. The summed E-state index contributed by atoms with van der Waals surface area (Å²) in [5.41, 5.74) is 1.37. The summed E-state index contributed by atoms with van der Waals surface area (Å²) in [6.45, 7) is 4.71. The van der Waals surface area contributed by atoms with Gasteiger partial charge in [0.15, 0.2) is 0 Å². The van der Waals surface area contributed by atoms with E-state index in [9.17, 15) is 5.11 Å². The standard InChI is InChI=1S/C17H23N3O2S/c1-17(2)13(8-14(17)21)18-9-15-19-20-16(22-15)12-7-10-5-3-4-6-11(10)23-12/h7,13-14,18,21H,3-6,8-9H2,1-2H3/t13-,14-/m0/s1. The highest BCUT2D eigenvalue weighted by Crippen LogP contribution is 2.40. The van der Waals surface area contributed by atoms with Crippen LogP contribution >= 0.6 is 11.3 Å². The van der Waals surface area contributed by atoms with Gasteiger partial charge in [-0.3, -0.25) is 0 Å². The number of fused-ring (bicyclic) bond motifs is 1. The summed E-state index contributed by atoms with van der Waals surface area (Å²) < 4.78 is 5.82. The predicted molar refractivity (Wildman–Crippen MR) is 89.3 cm³/mol. The Morgan fingerprint density at radius 1 is 1.35 bits per heavy atom. The molecule has 6 heteroatoms. The first-order valence-corrected chi connectivity index (χ1v) is 9.21. The van der Waals surface area contributed by atoms with E-state index in [0.717, 1.165) is 11.3 Å². The van der Waals surface area contributed by atoms with Gasteiger partial charge in [-0.1, -0.05) is 13.8 Å². The number of nitrogens with zero attached hydrogens (tertiary/aromatic N) is 2. The number of aliphatic hydroxyl groups is 1. The third kappa shape index (κ3) is 2.73. The van der Waals surface area contributed by atoms with Crippen LogP contribution in [0.4, 0.5) is 0 Å². The summed E-state index contributed by atoms with van der Waals surface area (Å²) in [5.74, 6) is 1.25. The van der Waals surface area contributed by atoms with Crippen LogP contribution in [0, 0.1) is 5.41 Å². The molecule has 0 spiro atoms. The van der Waals surface area contributed by atoms with Crippen LogP contribution in [-0.2, 0) is 19.4 Å². The number of nitrogens with one attached hydrogen (secondary N) is 1. The van der Waals surface area contributed by atoms with Gasteiger partial charge < -0.3 is 14.8 Å². The van der Waals surface area contributed by atoms with Crippen molar-refractivity contribution in [2.75, 3.05) is 0 Å². The molecule has 5 nitrogen and oxygen atoms in total. The van der Waals surface area contributed by atoms with E-state index < -0.39 is 0 Å². The lowest BCUT2D eigenvalue weighted by Crippen LogP contribution is -2.59. The van der Waals surface area contributed by atoms with Gasteiger partial charge in [0.2, 0.25) is 5.89 Å². The predicted octanol–water partition coefficient (Wildman–Crippen LogP) is 2.93. The summed E-state index contributed by atoms with van der Waals surface area (Å²) in [6, 6.07) is 2.51. The lowest BCUT2D eigenvalue weighted by molar-refractivity contribution is -0.0735. The van der Waals surface area contributed by atoms with Crippen molar-refractivity contribution in [3.8, 4) is 10.8 Å². The van der Waals surface area contributed by atoms with Gasteiger partial charge in [-0.15, -0.1) is 21.5 Å². The second-order valence-corrected chi connectivity index (χ2v) is 8.41. The van der Waals surface area contributed by atoms with Crippen molar-refractivity contribution >= 4 is 11.3 Å². The van der Waals surface area contributed by atoms with Crippen molar-refractivity contribution < 1.29 is 9.52 Å². The highest BCUT2D eigenvalue weighted by molar-refractivity contribution is 7.15. The largest absolute Gasteiger partial charge is 0.419 e. The number of hydrogen-bond acceptors (Lipinski definition) is 6. The molecule has 1 saturated carbocycles. The molecule has 0 aromatic carbocycles. The molecule has 124 valence electrons. The Bertz CT molecular complexity index is 683. The Labute approximate surface area is 140 Å². The van der Waals surface area contributed by atoms with Crippen molar-refractivity contribution in [2.24, 2.45) is 5.41 Å². The fourth-order valence-electron chi connectivity index (χ4n) is 3.48. The second kappa shape index (κ2) is 5.69. The Hall–Kier alpha value is -1.24. The van der Waals surface area contributed by atoms with Gasteiger partial charge in [0.05, 0.1) is 17.5 Å². The molecule has 2 aliphatic rings. The Balaban J connectivity index is 1.42. The molecule has 0 aliphatic heterocycles. The molecule has 0 saturated heterocycles. The first kappa shape index (κ1) is 15.3. The first-order chi connectivity index (χ1) is 11.0. The number of aromatic nitrogens is 2. The zero-order valence-corrected chi connectivity index (χ0v) is 14.4. The maximum Gasteiger partial charge on any atom is 0.257 e. The highest BCUT2D eigenvalue weighted by Gasteiger charge is 2.46. The molecule has 1 fully saturated rings. The van der Waals surface area contributed by atoms with Crippen molar-refractivity contribution in [1.82, 2.24) is 15.5 Å². The van der Waals surface area contributed by atoms with E-state index in [-0.39, 0.29) is 11.5 Å². The summed E-state index contributed by atoms with van der Waals surface area (Å²) in [5, 5.41) is 21.6. The van der Waals surface area contributed by atoms with Gasteiger partial charge in [-0.25, -0.2) is 0 Å². The number of aliphatic hydroxyl groups excluding tert-OH is 1. The minimum atomic E-state index is -0.226. The zero-order valence-electron chi connectivity index (χ0n) is 13.6. The van der Waals surface area contributed by atoms with Crippen molar-refractivity contribution in [3.63, 3.8) is 0 Å². The lowest BCUT2D eigenvalue weighted by Gasteiger charge is -2.49. The van der Waals surface area contributed by atoms with Crippen LogP contribution < -0.4 is 5.32 Å². The van der Waals surface area contributed by atoms with Crippen LogP contribution in [0.15, 0.2) is 10.5 Å². The van der Waals surface area contributed by atoms with Crippen LogP contribution in [0.3, 0.4) is 0 Å². The Morgan fingerprint density at radius 3 is 2.91 bits per heavy atom. The molecule has 2 aromatic rings. The number of thiophene rings is 1. The second-order valence-electron chi connectivity index (χ2n) is 7.27. The quantitative estimate of drug-likeness (QED) is 0.900. The average Bonchev–Trinajstić information content (AvgIpc) is 3.17. The minimum absolute atomic E-state index is 0.0876. The third-order valence-electron chi connectivity index (χ3n) is 5.39. The molecular weight excluding hydrogens is 310 g/mol. The molecule has 2 atom stereocenters. The maximum absolute atomic E-state index is 9.79. The molecule has 0 bridgehead atoms. The molecule has 0 amide bonds. The summed E-state index contributed by atoms with van der Waals surface area (Å²) in [6.07, 6.45) is 5.48. The molecule has 2 N–H and O–H groups in total. The van der Waals surface area contributed by atoms with Gasteiger partial charge in [0.1, 0.15) is 0 Å². The van der Waals surface area contributed by atoms with Crippen LogP contribution in [-0.4, -0.2) is 27.4 Å². The van der Waals surface area contributed by atoms with E-state index in [1.165, 1.54) is 36.1 Å². The van der Waals surface area contributed by atoms with E-state index in [1.807, 2.05) is 0 Å². The van der Waals surface area contributed by atoms with Gasteiger partial charge in [0, 0.05) is 16.3 Å². The van der Waals surface area contributed by atoms with E-state index in [2.05, 4.69) is 35.4 Å². The molecule has 0 unspecified atom stereocenters. The molecular formula is C17H23N3O2S. The molecule has 0 radical (unpaired) electrons. The molecule has 23 heavy (non-hydrogen) atoms. The van der Waals surface area contributed by atoms with E-state index in [1.54, 1.807) is 11.3 Å². The lowest BCUT2D eigenvalue weighted by atomic mass is 9.64.